The molecule has 1 heterocycles. The Morgan fingerprint density at radius 3 is 2.16 bits per heavy atom. The zero-order valence-corrected chi connectivity index (χ0v) is 19.6. The van der Waals surface area contributed by atoms with E-state index in [4.69, 9.17) is 4.74 Å². The van der Waals surface area contributed by atoms with Crippen LogP contribution in [-0.2, 0) is 4.74 Å². The average Bonchev–Trinajstić information content (AvgIpc) is 2.91. The number of fused-ring (bicyclic) bond motifs is 1. The molecule has 0 spiro atoms. The van der Waals surface area contributed by atoms with Gasteiger partial charge < -0.3 is 9.64 Å². The molecule has 168 valence electrons. The Labute approximate surface area is 185 Å². The maximum absolute atomic E-state index is 13.6. The van der Waals surface area contributed by atoms with E-state index in [1.54, 1.807) is 0 Å². The monoisotopic (exact) mass is 425 g/mol. The second-order valence-electron chi connectivity index (χ2n) is 10.2. The molecule has 2 aromatic rings. The van der Waals surface area contributed by atoms with Crippen molar-refractivity contribution in [1.29, 1.82) is 0 Å². The third-order valence-corrected chi connectivity index (χ3v) is 5.48. The summed E-state index contributed by atoms with van der Waals surface area (Å²) in [7, 11) is 0. The first-order valence-corrected chi connectivity index (χ1v) is 11.0. The highest BCUT2D eigenvalue weighted by atomic mass is 16.6. The Morgan fingerprint density at radius 2 is 1.55 bits per heavy atom. The van der Waals surface area contributed by atoms with Gasteiger partial charge in [0.1, 0.15) is 5.60 Å². The molecule has 1 fully saturated rings. The first-order chi connectivity index (χ1) is 14.4. The molecule has 2 aromatic carbocycles. The molecule has 3 rings (SSSR count). The molecule has 1 N–H and O–H groups in total. The number of nitrogens with zero attached hydrogens (tertiary/aromatic N) is 2. The van der Waals surface area contributed by atoms with Gasteiger partial charge in [-0.05, 0) is 70.9 Å². The smallest absolute Gasteiger partial charge is 0.412 e. The molecule has 1 aliphatic rings. The van der Waals surface area contributed by atoms with E-state index in [9.17, 15) is 9.59 Å². The minimum atomic E-state index is -0.619. The number of rotatable bonds is 2. The second kappa shape index (κ2) is 8.87. The van der Waals surface area contributed by atoms with Crippen LogP contribution in [-0.4, -0.2) is 59.1 Å². The van der Waals surface area contributed by atoms with Crippen molar-refractivity contribution in [3.05, 3.63) is 42.0 Å². The van der Waals surface area contributed by atoms with Gasteiger partial charge in [0.15, 0.2) is 0 Å². The van der Waals surface area contributed by atoms with Gasteiger partial charge >= 0.3 is 6.09 Å². The Hall–Kier alpha value is -2.60. The lowest BCUT2D eigenvalue weighted by Gasteiger charge is -2.34. The highest BCUT2D eigenvalue weighted by Gasteiger charge is 2.28. The van der Waals surface area contributed by atoms with Gasteiger partial charge in [-0.3, -0.25) is 15.0 Å². The van der Waals surface area contributed by atoms with E-state index in [0.717, 1.165) is 30.3 Å². The Balaban J connectivity index is 1.90. The molecule has 0 unspecified atom stereocenters. The molecule has 1 aliphatic heterocycles. The molecule has 0 radical (unpaired) electrons. The quantitative estimate of drug-likeness (QED) is 0.724. The number of ether oxygens (including phenoxy) is 1. The molecule has 0 atom stereocenters. The summed E-state index contributed by atoms with van der Waals surface area (Å²) in [6, 6.07) is 11.6. The molecule has 0 aromatic heterocycles. The van der Waals surface area contributed by atoms with Crippen molar-refractivity contribution in [2.45, 2.75) is 59.1 Å². The summed E-state index contributed by atoms with van der Waals surface area (Å²) >= 11 is 0. The van der Waals surface area contributed by atoms with E-state index >= 15 is 0 Å². The number of hydrogen-bond donors (Lipinski definition) is 1. The van der Waals surface area contributed by atoms with Crippen LogP contribution in [0, 0.1) is 0 Å². The topological polar surface area (TPSA) is 61.9 Å². The normalized spacial score (nSPS) is 16.1. The standard InChI is InChI=1S/C25H35N3O3/c1-24(2,3)28-13-9-12-27(14-15-28)22(29)20-16-18-10-7-8-11-19(18)17-21(20)26-23(30)31-25(4,5)6/h7-8,10-11,16-17H,9,12-15H2,1-6H3,(H,26,30). The highest BCUT2D eigenvalue weighted by molar-refractivity contribution is 6.07. The van der Waals surface area contributed by atoms with Gasteiger partial charge in [0.05, 0.1) is 11.3 Å². The number of nitrogens with one attached hydrogen (secondary N) is 1. The van der Waals surface area contributed by atoms with Crippen LogP contribution in [0.3, 0.4) is 0 Å². The summed E-state index contributed by atoms with van der Waals surface area (Å²) in [4.78, 5) is 30.3. The fraction of sp³-hybridized carbons (Fsp3) is 0.520. The summed E-state index contributed by atoms with van der Waals surface area (Å²) in [5, 5.41) is 4.73. The molecule has 31 heavy (non-hydrogen) atoms. The number of carbonyl (C=O) groups excluding carboxylic acids is 2. The summed E-state index contributed by atoms with van der Waals surface area (Å²) in [6.07, 6.45) is 0.359. The predicted octanol–water partition coefficient (Wildman–Crippen LogP) is 5.13. The summed E-state index contributed by atoms with van der Waals surface area (Å²) in [5.41, 5.74) is 0.432. The van der Waals surface area contributed by atoms with E-state index in [1.807, 2.05) is 62.1 Å². The lowest BCUT2D eigenvalue weighted by atomic mass is 10.0. The van der Waals surface area contributed by atoms with Crippen molar-refractivity contribution in [1.82, 2.24) is 9.80 Å². The number of benzene rings is 2. The van der Waals surface area contributed by atoms with Gasteiger partial charge in [0.2, 0.25) is 0 Å². The lowest BCUT2D eigenvalue weighted by Crippen LogP contribution is -2.44. The molecule has 0 bridgehead atoms. The molecule has 0 saturated carbocycles. The lowest BCUT2D eigenvalue weighted by molar-refractivity contribution is 0.0636. The highest BCUT2D eigenvalue weighted by Crippen LogP contribution is 2.27. The van der Waals surface area contributed by atoms with Crippen molar-refractivity contribution < 1.29 is 14.3 Å². The van der Waals surface area contributed by atoms with Gasteiger partial charge in [0, 0.05) is 31.7 Å². The first-order valence-electron chi connectivity index (χ1n) is 11.0. The third kappa shape index (κ3) is 5.97. The fourth-order valence-corrected chi connectivity index (χ4v) is 3.90. The molecular formula is C25H35N3O3. The third-order valence-electron chi connectivity index (χ3n) is 5.48. The molecule has 6 nitrogen and oxygen atoms in total. The molecule has 1 saturated heterocycles. The van der Waals surface area contributed by atoms with E-state index in [0.29, 0.717) is 24.3 Å². The van der Waals surface area contributed by atoms with Crippen molar-refractivity contribution in [2.24, 2.45) is 0 Å². The maximum Gasteiger partial charge on any atom is 0.412 e. The first kappa shape index (κ1) is 23.1. The van der Waals surface area contributed by atoms with E-state index < -0.39 is 11.7 Å². The number of hydrogen-bond acceptors (Lipinski definition) is 4. The summed E-state index contributed by atoms with van der Waals surface area (Å²) in [5.74, 6) is -0.0624. The van der Waals surface area contributed by atoms with E-state index in [2.05, 4.69) is 31.0 Å². The molecule has 6 heteroatoms. The van der Waals surface area contributed by atoms with Crippen LogP contribution in [0.5, 0.6) is 0 Å². The average molecular weight is 426 g/mol. The maximum atomic E-state index is 13.6. The Bertz CT molecular complexity index is 957. The summed E-state index contributed by atoms with van der Waals surface area (Å²) in [6.45, 7) is 15.2. The summed E-state index contributed by atoms with van der Waals surface area (Å²) < 4.78 is 5.42. The van der Waals surface area contributed by atoms with Crippen LogP contribution in [0.4, 0.5) is 10.5 Å². The van der Waals surface area contributed by atoms with Gasteiger partial charge in [-0.25, -0.2) is 4.79 Å². The SMILES string of the molecule is CC(C)(C)OC(=O)Nc1cc2ccccc2cc1C(=O)N1CCCN(C(C)(C)C)CC1. The van der Waals surface area contributed by atoms with E-state index in [1.165, 1.54) is 0 Å². The minimum Gasteiger partial charge on any atom is -0.444 e. The van der Waals surface area contributed by atoms with Crippen LogP contribution in [0.2, 0.25) is 0 Å². The molecule has 0 aliphatic carbocycles. The van der Waals surface area contributed by atoms with Crippen molar-refractivity contribution in [3.8, 4) is 0 Å². The largest absolute Gasteiger partial charge is 0.444 e. The van der Waals surface area contributed by atoms with Crippen molar-refractivity contribution in [3.63, 3.8) is 0 Å². The van der Waals surface area contributed by atoms with E-state index in [-0.39, 0.29) is 11.4 Å². The zero-order valence-electron chi connectivity index (χ0n) is 19.6. The van der Waals surface area contributed by atoms with Crippen LogP contribution >= 0.6 is 0 Å². The van der Waals surface area contributed by atoms with Gasteiger partial charge in [-0.1, -0.05) is 24.3 Å². The van der Waals surface area contributed by atoms with Gasteiger partial charge in [-0.15, -0.1) is 0 Å². The fourth-order valence-electron chi connectivity index (χ4n) is 3.90. The van der Waals surface area contributed by atoms with Gasteiger partial charge in [0.25, 0.3) is 5.91 Å². The van der Waals surface area contributed by atoms with Gasteiger partial charge in [-0.2, -0.15) is 0 Å². The number of carbonyl (C=O) groups is 2. The van der Waals surface area contributed by atoms with Crippen LogP contribution < -0.4 is 5.32 Å². The van der Waals surface area contributed by atoms with Crippen molar-refractivity contribution in [2.75, 3.05) is 31.5 Å². The Morgan fingerprint density at radius 1 is 0.903 bits per heavy atom. The van der Waals surface area contributed by atoms with Crippen molar-refractivity contribution >= 4 is 28.5 Å². The zero-order chi connectivity index (χ0) is 22.8. The number of anilines is 1. The second-order valence-corrected chi connectivity index (χ2v) is 10.2. The Kier molecular flexibility index (Phi) is 6.60. The number of amides is 2. The predicted molar refractivity (Wildman–Crippen MR) is 126 cm³/mol. The van der Waals surface area contributed by atoms with Crippen LogP contribution in [0.15, 0.2) is 36.4 Å². The van der Waals surface area contributed by atoms with Crippen LogP contribution in [0.1, 0.15) is 58.3 Å². The molecular weight excluding hydrogens is 390 g/mol. The molecule has 2 amide bonds. The van der Waals surface area contributed by atoms with Crippen LogP contribution in [0.25, 0.3) is 10.8 Å². The minimum absolute atomic E-state index is 0.0624.